The Bertz CT molecular complexity index is 849. The molecule has 0 aliphatic heterocycles. The maximum atomic E-state index is 12.4. The number of aromatic nitrogens is 1. The van der Waals surface area contributed by atoms with E-state index < -0.39 is 0 Å². The van der Waals surface area contributed by atoms with Crippen LogP contribution in [-0.2, 0) is 4.79 Å². The monoisotopic (exact) mass is 370 g/mol. The summed E-state index contributed by atoms with van der Waals surface area (Å²) in [7, 11) is 1.64. The summed E-state index contributed by atoms with van der Waals surface area (Å²) in [4.78, 5) is 18.0. The van der Waals surface area contributed by atoms with E-state index in [4.69, 9.17) is 4.74 Å². The van der Waals surface area contributed by atoms with Gasteiger partial charge in [-0.15, -0.1) is 23.1 Å². The Kier molecular flexibility index (Phi) is 5.73. The third-order valence-corrected chi connectivity index (χ3v) is 5.41. The SMILES string of the molecule is COc1ccccc1-c1csc(NC(=O)C(C)Sc2ccccc2)n1. The van der Waals surface area contributed by atoms with Gasteiger partial charge in [0.15, 0.2) is 5.13 Å². The molecule has 0 aliphatic carbocycles. The fourth-order valence-corrected chi connectivity index (χ4v) is 3.88. The average molecular weight is 370 g/mol. The summed E-state index contributed by atoms with van der Waals surface area (Å²) in [5.74, 6) is 0.702. The third-order valence-electron chi connectivity index (χ3n) is 3.54. The van der Waals surface area contributed by atoms with Crippen LogP contribution in [0, 0.1) is 0 Å². The smallest absolute Gasteiger partial charge is 0.239 e. The first-order valence-electron chi connectivity index (χ1n) is 7.79. The van der Waals surface area contributed by atoms with Gasteiger partial charge >= 0.3 is 0 Å². The fourth-order valence-electron chi connectivity index (χ4n) is 2.27. The Labute approximate surface area is 155 Å². The number of carbonyl (C=O) groups excluding carboxylic acids is 1. The van der Waals surface area contributed by atoms with Crippen molar-refractivity contribution in [3.8, 4) is 17.0 Å². The van der Waals surface area contributed by atoms with Gasteiger partial charge in [0.2, 0.25) is 5.91 Å². The summed E-state index contributed by atoms with van der Waals surface area (Å²) >= 11 is 2.93. The van der Waals surface area contributed by atoms with Gasteiger partial charge in [0.25, 0.3) is 0 Å². The number of hydrogen-bond acceptors (Lipinski definition) is 5. The van der Waals surface area contributed by atoms with Crippen LogP contribution in [0.25, 0.3) is 11.3 Å². The van der Waals surface area contributed by atoms with Crippen molar-refractivity contribution in [1.82, 2.24) is 4.98 Å². The molecule has 0 aliphatic rings. The lowest BCUT2D eigenvalue weighted by Gasteiger charge is -2.10. The van der Waals surface area contributed by atoms with E-state index in [2.05, 4.69) is 10.3 Å². The molecule has 1 aromatic heterocycles. The number of rotatable bonds is 6. The Morgan fingerprint density at radius 1 is 1.16 bits per heavy atom. The van der Waals surface area contributed by atoms with E-state index in [1.807, 2.05) is 66.9 Å². The van der Waals surface area contributed by atoms with Crippen LogP contribution >= 0.6 is 23.1 Å². The van der Waals surface area contributed by atoms with Crippen molar-refractivity contribution in [3.63, 3.8) is 0 Å². The Morgan fingerprint density at radius 3 is 2.64 bits per heavy atom. The lowest BCUT2D eigenvalue weighted by molar-refractivity contribution is -0.115. The normalized spacial score (nSPS) is 11.8. The van der Waals surface area contributed by atoms with Gasteiger partial charge in [-0.1, -0.05) is 30.3 Å². The second-order valence-electron chi connectivity index (χ2n) is 5.30. The lowest BCUT2D eigenvalue weighted by atomic mass is 10.1. The van der Waals surface area contributed by atoms with Gasteiger partial charge in [-0.3, -0.25) is 4.79 Å². The molecule has 4 nitrogen and oxygen atoms in total. The van der Waals surface area contributed by atoms with Gasteiger partial charge in [0, 0.05) is 15.8 Å². The standard InChI is InChI=1S/C19H18N2O2S2/c1-13(25-14-8-4-3-5-9-14)18(22)21-19-20-16(12-24-19)15-10-6-7-11-17(15)23-2/h3-13H,1-2H3,(H,20,21,22). The maximum absolute atomic E-state index is 12.4. The summed E-state index contributed by atoms with van der Waals surface area (Å²) in [6, 6.07) is 17.6. The van der Waals surface area contributed by atoms with Gasteiger partial charge in [-0.2, -0.15) is 0 Å². The van der Waals surface area contributed by atoms with Crippen molar-refractivity contribution in [1.29, 1.82) is 0 Å². The maximum Gasteiger partial charge on any atom is 0.239 e. The van der Waals surface area contributed by atoms with Gasteiger partial charge in [0.05, 0.1) is 18.1 Å². The number of hydrogen-bond donors (Lipinski definition) is 1. The van der Waals surface area contributed by atoms with Crippen LogP contribution in [0.1, 0.15) is 6.92 Å². The molecule has 1 heterocycles. The number of methoxy groups -OCH3 is 1. The molecule has 1 unspecified atom stereocenters. The van der Waals surface area contributed by atoms with Crippen LogP contribution < -0.4 is 10.1 Å². The Hall–Kier alpha value is -2.31. The number of amides is 1. The van der Waals surface area contributed by atoms with Crippen molar-refractivity contribution < 1.29 is 9.53 Å². The van der Waals surface area contributed by atoms with Crippen molar-refractivity contribution in [2.45, 2.75) is 17.1 Å². The fraction of sp³-hybridized carbons (Fsp3) is 0.158. The topological polar surface area (TPSA) is 51.2 Å². The Morgan fingerprint density at radius 2 is 1.88 bits per heavy atom. The highest BCUT2D eigenvalue weighted by molar-refractivity contribution is 8.00. The molecule has 128 valence electrons. The van der Waals surface area contributed by atoms with Crippen molar-refractivity contribution >= 4 is 34.1 Å². The molecule has 3 aromatic rings. The number of thiazole rings is 1. The summed E-state index contributed by atoms with van der Waals surface area (Å²) < 4.78 is 5.37. The number of nitrogens with one attached hydrogen (secondary N) is 1. The van der Waals surface area contributed by atoms with Gasteiger partial charge < -0.3 is 10.1 Å². The van der Waals surface area contributed by atoms with Crippen LogP contribution in [0.5, 0.6) is 5.75 Å². The highest BCUT2D eigenvalue weighted by Gasteiger charge is 2.17. The quantitative estimate of drug-likeness (QED) is 0.625. The summed E-state index contributed by atoms with van der Waals surface area (Å²) in [5.41, 5.74) is 1.70. The van der Waals surface area contributed by atoms with E-state index in [0.717, 1.165) is 21.9 Å². The molecule has 0 saturated heterocycles. The van der Waals surface area contributed by atoms with Crippen LogP contribution in [0.3, 0.4) is 0 Å². The van der Waals surface area contributed by atoms with E-state index in [9.17, 15) is 4.79 Å². The minimum absolute atomic E-state index is 0.0604. The third kappa shape index (κ3) is 4.41. The molecule has 1 atom stereocenters. The highest BCUT2D eigenvalue weighted by Crippen LogP contribution is 2.32. The first-order chi connectivity index (χ1) is 12.2. The number of ether oxygens (including phenoxy) is 1. The van der Waals surface area contributed by atoms with Crippen LogP contribution in [-0.4, -0.2) is 23.3 Å². The average Bonchev–Trinajstić information content (AvgIpc) is 3.10. The summed E-state index contributed by atoms with van der Waals surface area (Å²) in [5, 5.41) is 5.20. The predicted molar refractivity (Wildman–Crippen MR) is 104 cm³/mol. The van der Waals surface area contributed by atoms with E-state index in [0.29, 0.717) is 5.13 Å². The van der Waals surface area contributed by atoms with E-state index >= 15 is 0 Å². The number of nitrogens with zero attached hydrogens (tertiary/aromatic N) is 1. The largest absolute Gasteiger partial charge is 0.496 e. The summed E-state index contributed by atoms with van der Waals surface area (Å²) in [6.07, 6.45) is 0. The molecule has 25 heavy (non-hydrogen) atoms. The molecule has 0 fully saturated rings. The number of thioether (sulfide) groups is 1. The van der Waals surface area contributed by atoms with Gasteiger partial charge in [-0.05, 0) is 31.2 Å². The molecule has 0 radical (unpaired) electrons. The number of carbonyl (C=O) groups is 1. The number of para-hydroxylation sites is 1. The minimum atomic E-state index is -0.207. The van der Waals surface area contributed by atoms with Crippen molar-refractivity contribution in [2.24, 2.45) is 0 Å². The number of anilines is 1. The lowest BCUT2D eigenvalue weighted by Crippen LogP contribution is -2.22. The Balaban J connectivity index is 1.67. The zero-order valence-electron chi connectivity index (χ0n) is 13.9. The predicted octanol–water partition coefficient (Wildman–Crippen LogP) is 4.94. The zero-order chi connectivity index (χ0) is 17.6. The van der Waals surface area contributed by atoms with E-state index in [1.165, 1.54) is 23.1 Å². The molecule has 1 amide bonds. The van der Waals surface area contributed by atoms with E-state index in [1.54, 1.807) is 7.11 Å². The molecule has 2 aromatic carbocycles. The minimum Gasteiger partial charge on any atom is -0.496 e. The van der Waals surface area contributed by atoms with Crippen LogP contribution in [0.2, 0.25) is 0 Å². The molecular formula is C19H18N2O2S2. The van der Waals surface area contributed by atoms with E-state index in [-0.39, 0.29) is 11.2 Å². The molecule has 0 saturated carbocycles. The van der Waals surface area contributed by atoms with Gasteiger partial charge in [-0.25, -0.2) is 4.98 Å². The van der Waals surface area contributed by atoms with Crippen LogP contribution in [0.15, 0.2) is 64.9 Å². The van der Waals surface area contributed by atoms with Crippen molar-refractivity contribution in [2.75, 3.05) is 12.4 Å². The zero-order valence-corrected chi connectivity index (χ0v) is 15.6. The van der Waals surface area contributed by atoms with Gasteiger partial charge in [0.1, 0.15) is 5.75 Å². The molecule has 0 bridgehead atoms. The second kappa shape index (κ2) is 8.18. The van der Waals surface area contributed by atoms with Crippen LogP contribution in [0.4, 0.5) is 5.13 Å². The number of benzene rings is 2. The molecule has 3 rings (SSSR count). The highest BCUT2D eigenvalue weighted by atomic mass is 32.2. The second-order valence-corrected chi connectivity index (χ2v) is 7.57. The molecular weight excluding hydrogens is 352 g/mol. The van der Waals surface area contributed by atoms with Crippen molar-refractivity contribution in [3.05, 3.63) is 60.0 Å². The molecule has 1 N–H and O–H groups in total. The molecule has 0 spiro atoms. The summed E-state index contributed by atoms with van der Waals surface area (Å²) in [6.45, 7) is 1.89. The first-order valence-corrected chi connectivity index (χ1v) is 9.55. The molecule has 6 heteroatoms. The first kappa shape index (κ1) is 17.5.